The summed E-state index contributed by atoms with van der Waals surface area (Å²) < 4.78 is 28.7. The number of nitrogens with zero attached hydrogens (tertiary/aromatic N) is 4. The lowest BCUT2D eigenvalue weighted by molar-refractivity contribution is -0.119. The van der Waals surface area contributed by atoms with Gasteiger partial charge in [-0.25, -0.2) is 22.6 Å². The van der Waals surface area contributed by atoms with Gasteiger partial charge in [0, 0.05) is 18.9 Å². The zero-order valence-corrected chi connectivity index (χ0v) is 18.1. The average Bonchev–Trinajstić information content (AvgIpc) is 3.17. The summed E-state index contributed by atoms with van der Waals surface area (Å²) in [5.41, 5.74) is 1.95. The summed E-state index contributed by atoms with van der Waals surface area (Å²) in [7, 11) is -3.74. The number of benzene rings is 1. The molecule has 10 heteroatoms. The molecule has 0 unspecified atom stereocenters. The maximum atomic E-state index is 12.4. The second kappa shape index (κ2) is 8.88. The zero-order chi connectivity index (χ0) is 21.8. The van der Waals surface area contributed by atoms with Crippen LogP contribution >= 0.6 is 0 Å². The zero-order valence-electron chi connectivity index (χ0n) is 17.3. The highest BCUT2D eigenvalue weighted by Crippen LogP contribution is 2.23. The van der Waals surface area contributed by atoms with Gasteiger partial charge in [-0.3, -0.25) is 4.79 Å². The molecule has 0 saturated carbocycles. The number of carbonyl (C=O) groups is 1. The molecule has 1 amide bonds. The number of rotatable bonds is 8. The molecule has 0 radical (unpaired) electrons. The standard InChI is InChI=1S/C20H26N6O3S/c1-20(2,3)16-6-8-17(9-7-16)30(28,29)25-12-18(27)21-10-4-5-15-11-22-19-23-14-24-26(19)13-15/h6-9,11,13-14,25H,4-5,10,12H2,1-3H3,(H,21,27). The van der Waals surface area contributed by atoms with Crippen LogP contribution in [0.15, 0.2) is 47.9 Å². The summed E-state index contributed by atoms with van der Waals surface area (Å²) in [4.78, 5) is 20.3. The monoisotopic (exact) mass is 430 g/mol. The minimum Gasteiger partial charge on any atom is -0.355 e. The van der Waals surface area contributed by atoms with Gasteiger partial charge in [0.15, 0.2) is 0 Å². The largest absolute Gasteiger partial charge is 0.355 e. The molecule has 0 bridgehead atoms. The molecule has 30 heavy (non-hydrogen) atoms. The number of hydrogen-bond donors (Lipinski definition) is 2. The molecule has 2 aromatic heterocycles. The molecule has 2 heterocycles. The summed E-state index contributed by atoms with van der Waals surface area (Å²) in [6.45, 7) is 6.29. The number of aryl methyl sites for hydroxylation is 1. The summed E-state index contributed by atoms with van der Waals surface area (Å²) in [6.07, 6.45) is 6.40. The maximum Gasteiger partial charge on any atom is 0.252 e. The van der Waals surface area contributed by atoms with Crippen LogP contribution in [0.1, 0.15) is 38.3 Å². The van der Waals surface area contributed by atoms with Gasteiger partial charge < -0.3 is 5.32 Å². The van der Waals surface area contributed by atoms with Gasteiger partial charge in [-0.1, -0.05) is 32.9 Å². The predicted molar refractivity (Wildman–Crippen MR) is 112 cm³/mol. The van der Waals surface area contributed by atoms with E-state index in [0.717, 1.165) is 11.1 Å². The summed E-state index contributed by atoms with van der Waals surface area (Å²) in [6, 6.07) is 6.70. The Morgan fingerprint density at radius 2 is 1.87 bits per heavy atom. The molecule has 1 aromatic carbocycles. The van der Waals surface area contributed by atoms with Crippen molar-refractivity contribution in [1.29, 1.82) is 0 Å². The van der Waals surface area contributed by atoms with Crippen molar-refractivity contribution in [3.63, 3.8) is 0 Å². The van der Waals surface area contributed by atoms with Crippen LogP contribution < -0.4 is 10.0 Å². The van der Waals surface area contributed by atoms with Crippen molar-refractivity contribution in [2.45, 2.75) is 43.9 Å². The van der Waals surface area contributed by atoms with E-state index in [2.05, 4.69) is 45.9 Å². The third kappa shape index (κ3) is 5.61. The first-order valence-electron chi connectivity index (χ1n) is 9.66. The van der Waals surface area contributed by atoms with Crippen molar-refractivity contribution >= 4 is 21.7 Å². The van der Waals surface area contributed by atoms with Crippen LogP contribution in [-0.2, 0) is 26.7 Å². The first-order chi connectivity index (χ1) is 14.1. The number of amides is 1. The van der Waals surface area contributed by atoms with Gasteiger partial charge in [-0.05, 0) is 41.5 Å². The van der Waals surface area contributed by atoms with Gasteiger partial charge >= 0.3 is 0 Å². The Bertz CT molecular complexity index is 1120. The van der Waals surface area contributed by atoms with E-state index in [1.807, 2.05) is 6.20 Å². The van der Waals surface area contributed by atoms with Crippen molar-refractivity contribution in [3.8, 4) is 0 Å². The SMILES string of the molecule is CC(C)(C)c1ccc(S(=O)(=O)NCC(=O)NCCCc2cnc3ncnn3c2)cc1. The first-order valence-corrected chi connectivity index (χ1v) is 11.1. The van der Waals surface area contributed by atoms with Crippen LogP contribution in [0.25, 0.3) is 5.78 Å². The van der Waals surface area contributed by atoms with Gasteiger partial charge in [-0.2, -0.15) is 10.1 Å². The Morgan fingerprint density at radius 1 is 1.13 bits per heavy atom. The Morgan fingerprint density at radius 3 is 2.57 bits per heavy atom. The highest BCUT2D eigenvalue weighted by Gasteiger charge is 2.18. The van der Waals surface area contributed by atoms with E-state index in [1.54, 1.807) is 35.0 Å². The number of hydrogen-bond acceptors (Lipinski definition) is 6. The van der Waals surface area contributed by atoms with Crippen LogP contribution in [0.2, 0.25) is 0 Å². The molecule has 0 spiro atoms. The Hall–Kier alpha value is -2.85. The third-order valence-corrected chi connectivity index (χ3v) is 6.02. The van der Waals surface area contributed by atoms with Crippen molar-refractivity contribution in [1.82, 2.24) is 29.6 Å². The van der Waals surface area contributed by atoms with Crippen LogP contribution in [0.4, 0.5) is 0 Å². The Labute approximate surface area is 176 Å². The van der Waals surface area contributed by atoms with E-state index in [0.29, 0.717) is 25.2 Å². The third-order valence-electron chi connectivity index (χ3n) is 4.61. The average molecular weight is 431 g/mol. The van der Waals surface area contributed by atoms with E-state index in [4.69, 9.17) is 0 Å². The fourth-order valence-corrected chi connectivity index (χ4v) is 3.83. The smallest absolute Gasteiger partial charge is 0.252 e. The summed E-state index contributed by atoms with van der Waals surface area (Å²) in [5, 5.41) is 6.75. The van der Waals surface area contributed by atoms with Gasteiger partial charge in [0.2, 0.25) is 15.9 Å². The number of fused-ring (bicyclic) bond motifs is 1. The fourth-order valence-electron chi connectivity index (χ4n) is 2.85. The molecule has 0 atom stereocenters. The quantitative estimate of drug-likeness (QED) is 0.522. The van der Waals surface area contributed by atoms with Crippen LogP contribution in [-0.4, -0.2) is 47.0 Å². The molecular formula is C20H26N6O3S. The molecule has 9 nitrogen and oxygen atoms in total. The van der Waals surface area contributed by atoms with E-state index in [-0.39, 0.29) is 22.8 Å². The highest BCUT2D eigenvalue weighted by molar-refractivity contribution is 7.89. The molecule has 3 aromatic rings. The van der Waals surface area contributed by atoms with E-state index < -0.39 is 10.0 Å². The second-order valence-corrected chi connectivity index (χ2v) is 9.79. The van der Waals surface area contributed by atoms with E-state index in [1.165, 1.54) is 6.33 Å². The number of carbonyl (C=O) groups excluding carboxylic acids is 1. The summed E-state index contributed by atoms with van der Waals surface area (Å²) in [5.74, 6) is 0.155. The first kappa shape index (κ1) is 21.8. The van der Waals surface area contributed by atoms with Crippen LogP contribution in [0.3, 0.4) is 0 Å². The fraction of sp³-hybridized carbons (Fsp3) is 0.400. The summed E-state index contributed by atoms with van der Waals surface area (Å²) >= 11 is 0. The molecule has 0 saturated heterocycles. The molecule has 160 valence electrons. The van der Waals surface area contributed by atoms with Crippen molar-refractivity contribution in [3.05, 3.63) is 54.1 Å². The van der Waals surface area contributed by atoms with Gasteiger partial charge in [-0.15, -0.1) is 0 Å². The highest BCUT2D eigenvalue weighted by atomic mass is 32.2. The Balaban J connectivity index is 1.43. The van der Waals surface area contributed by atoms with Gasteiger partial charge in [0.25, 0.3) is 5.78 Å². The normalized spacial score (nSPS) is 12.2. The maximum absolute atomic E-state index is 12.4. The molecule has 0 aliphatic heterocycles. The van der Waals surface area contributed by atoms with Crippen molar-refractivity contribution < 1.29 is 13.2 Å². The van der Waals surface area contributed by atoms with Crippen LogP contribution in [0, 0.1) is 0 Å². The molecular weight excluding hydrogens is 404 g/mol. The van der Waals surface area contributed by atoms with Gasteiger partial charge in [0.1, 0.15) is 6.33 Å². The molecule has 0 fully saturated rings. The molecule has 2 N–H and O–H groups in total. The number of sulfonamides is 1. The molecule has 0 aliphatic carbocycles. The lowest BCUT2D eigenvalue weighted by Gasteiger charge is -2.19. The molecule has 3 rings (SSSR count). The van der Waals surface area contributed by atoms with E-state index >= 15 is 0 Å². The lowest BCUT2D eigenvalue weighted by Crippen LogP contribution is -2.37. The lowest BCUT2D eigenvalue weighted by atomic mass is 9.87. The van der Waals surface area contributed by atoms with Gasteiger partial charge in [0.05, 0.1) is 11.4 Å². The number of aromatic nitrogens is 4. The van der Waals surface area contributed by atoms with Crippen molar-refractivity contribution in [2.75, 3.05) is 13.1 Å². The minimum atomic E-state index is -3.74. The number of nitrogens with one attached hydrogen (secondary N) is 2. The topological polar surface area (TPSA) is 118 Å². The van der Waals surface area contributed by atoms with E-state index in [9.17, 15) is 13.2 Å². The second-order valence-electron chi connectivity index (χ2n) is 8.02. The predicted octanol–water partition coefficient (Wildman–Crippen LogP) is 1.45. The Kier molecular flexibility index (Phi) is 6.47. The van der Waals surface area contributed by atoms with Crippen molar-refractivity contribution in [2.24, 2.45) is 0 Å². The van der Waals surface area contributed by atoms with Crippen LogP contribution in [0.5, 0.6) is 0 Å². The minimum absolute atomic E-state index is 0.0628. The molecule has 0 aliphatic rings.